The summed E-state index contributed by atoms with van der Waals surface area (Å²) in [5, 5.41) is 7.28. The Labute approximate surface area is 84.1 Å². The van der Waals surface area contributed by atoms with Crippen molar-refractivity contribution in [3.8, 4) is 0 Å². The van der Waals surface area contributed by atoms with Gasteiger partial charge in [-0.25, -0.2) is 0 Å². The molecule has 3 rings (SSSR count). The first kappa shape index (κ1) is 8.33. The van der Waals surface area contributed by atoms with Crippen LogP contribution in [0.5, 0.6) is 0 Å². The monoisotopic (exact) mass is 191 g/mol. The molecule has 0 spiro atoms. The summed E-state index contributed by atoms with van der Waals surface area (Å²) in [6, 6.07) is 0. The lowest BCUT2D eigenvalue weighted by molar-refractivity contribution is 0.407. The van der Waals surface area contributed by atoms with Crippen molar-refractivity contribution in [3.05, 3.63) is 11.3 Å². The summed E-state index contributed by atoms with van der Waals surface area (Å²) >= 11 is 0. The summed E-state index contributed by atoms with van der Waals surface area (Å²) in [4.78, 5) is 0. The third-order valence-electron chi connectivity index (χ3n) is 4.32. The molecular formula is C11H17N3. The van der Waals surface area contributed by atoms with Crippen molar-refractivity contribution >= 4 is 5.82 Å². The molecule has 3 N–H and O–H groups in total. The zero-order valence-corrected chi connectivity index (χ0v) is 8.64. The van der Waals surface area contributed by atoms with Crippen LogP contribution < -0.4 is 5.73 Å². The number of nitrogens with two attached hydrogens (primary N) is 1. The van der Waals surface area contributed by atoms with E-state index in [4.69, 9.17) is 5.73 Å². The summed E-state index contributed by atoms with van der Waals surface area (Å²) in [5.41, 5.74) is 8.73. The van der Waals surface area contributed by atoms with Gasteiger partial charge in [-0.2, -0.15) is 5.10 Å². The Kier molecular flexibility index (Phi) is 1.50. The van der Waals surface area contributed by atoms with E-state index >= 15 is 0 Å². The first-order valence-corrected chi connectivity index (χ1v) is 5.52. The van der Waals surface area contributed by atoms with Gasteiger partial charge in [-0.3, -0.25) is 5.10 Å². The number of H-pyrrole nitrogens is 1. The van der Waals surface area contributed by atoms with Crippen molar-refractivity contribution in [1.82, 2.24) is 10.2 Å². The minimum atomic E-state index is 0.416. The average molecular weight is 191 g/mol. The Morgan fingerprint density at radius 1 is 1.43 bits per heavy atom. The van der Waals surface area contributed by atoms with E-state index in [9.17, 15) is 0 Å². The molecule has 0 saturated heterocycles. The van der Waals surface area contributed by atoms with Crippen LogP contribution in [0.3, 0.4) is 0 Å². The van der Waals surface area contributed by atoms with Crippen LogP contribution in [0, 0.1) is 12.8 Å². The number of nitrogens with zero attached hydrogens (tertiary/aromatic N) is 1. The third kappa shape index (κ3) is 0.900. The van der Waals surface area contributed by atoms with Crippen molar-refractivity contribution in [2.75, 3.05) is 5.73 Å². The standard InChI is InChI=1S/C11H17N3/c1-7-9(13-14-10(7)12)11-4-2-8(6-11)3-5-11/h8H,2-6H2,1H3,(H3,12,13,14). The minimum absolute atomic E-state index is 0.416. The van der Waals surface area contributed by atoms with Crippen LogP contribution in [0.1, 0.15) is 43.4 Å². The zero-order valence-electron chi connectivity index (χ0n) is 8.64. The quantitative estimate of drug-likeness (QED) is 0.714. The van der Waals surface area contributed by atoms with Crippen molar-refractivity contribution in [1.29, 1.82) is 0 Å². The number of hydrogen-bond acceptors (Lipinski definition) is 2. The molecule has 1 aromatic heterocycles. The second-order valence-corrected chi connectivity index (χ2v) is 5.04. The molecule has 2 aliphatic carbocycles. The van der Waals surface area contributed by atoms with E-state index in [2.05, 4.69) is 17.1 Å². The molecule has 1 aromatic rings. The van der Waals surface area contributed by atoms with Gasteiger partial charge in [-0.05, 0) is 44.9 Å². The Balaban J connectivity index is 2.06. The molecule has 0 atom stereocenters. The van der Waals surface area contributed by atoms with E-state index in [-0.39, 0.29) is 0 Å². The highest BCUT2D eigenvalue weighted by atomic mass is 15.2. The molecule has 2 bridgehead atoms. The summed E-state index contributed by atoms with van der Waals surface area (Å²) < 4.78 is 0. The van der Waals surface area contributed by atoms with Gasteiger partial charge < -0.3 is 5.73 Å². The Hall–Kier alpha value is -0.990. The van der Waals surface area contributed by atoms with Crippen molar-refractivity contribution in [2.24, 2.45) is 5.92 Å². The molecular weight excluding hydrogens is 174 g/mol. The fraction of sp³-hybridized carbons (Fsp3) is 0.727. The van der Waals surface area contributed by atoms with Crippen LogP contribution in [0.2, 0.25) is 0 Å². The minimum Gasteiger partial charge on any atom is -0.382 e. The van der Waals surface area contributed by atoms with Gasteiger partial charge in [0.05, 0.1) is 0 Å². The smallest absolute Gasteiger partial charge is 0.148 e. The SMILES string of the molecule is Cc1c(N)n[nH]c1C12CCC(CC1)C2. The van der Waals surface area contributed by atoms with Gasteiger partial charge in [0.2, 0.25) is 0 Å². The van der Waals surface area contributed by atoms with Crippen LogP contribution in [-0.4, -0.2) is 10.2 Å². The summed E-state index contributed by atoms with van der Waals surface area (Å²) in [6.07, 6.45) is 6.83. The highest BCUT2D eigenvalue weighted by Crippen LogP contribution is 2.55. The van der Waals surface area contributed by atoms with E-state index in [1.165, 1.54) is 43.4 Å². The first-order chi connectivity index (χ1) is 6.71. The fourth-order valence-corrected chi connectivity index (χ4v) is 3.47. The number of rotatable bonds is 1. The maximum Gasteiger partial charge on any atom is 0.148 e. The second-order valence-electron chi connectivity index (χ2n) is 5.04. The predicted molar refractivity (Wildman–Crippen MR) is 56.0 cm³/mol. The average Bonchev–Trinajstić information content (AvgIpc) is 2.83. The van der Waals surface area contributed by atoms with Crippen LogP contribution in [-0.2, 0) is 5.41 Å². The van der Waals surface area contributed by atoms with Crippen molar-refractivity contribution in [2.45, 2.75) is 44.4 Å². The van der Waals surface area contributed by atoms with E-state index in [1.807, 2.05) is 0 Å². The number of aromatic nitrogens is 2. The molecule has 0 aromatic carbocycles. The molecule has 0 aliphatic heterocycles. The predicted octanol–water partition coefficient (Wildman–Crippen LogP) is 2.13. The highest BCUT2D eigenvalue weighted by molar-refractivity contribution is 5.44. The number of hydrogen-bond donors (Lipinski definition) is 2. The molecule has 76 valence electrons. The second kappa shape index (κ2) is 2.53. The van der Waals surface area contributed by atoms with Gasteiger partial charge in [-0.15, -0.1) is 0 Å². The van der Waals surface area contributed by atoms with E-state index in [1.54, 1.807) is 0 Å². The summed E-state index contributed by atoms with van der Waals surface area (Å²) in [7, 11) is 0. The molecule has 2 fully saturated rings. The lowest BCUT2D eigenvalue weighted by Gasteiger charge is -2.25. The number of nitrogen functional groups attached to an aromatic ring is 1. The molecule has 14 heavy (non-hydrogen) atoms. The molecule has 2 saturated carbocycles. The molecule has 3 nitrogen and oxygen atoms in total. The number of nitrogens with one attached hydrogen (secondary N) is 1. The number of anilines is 1. The van der Waals surface area contributed by atoms with Crippen LogP contribution in [0.4, 0.5) is 5.82 Å². The topological polar surface area (TPSA) is 54.7 Å². The third-order valence-corrected chi connectivity index (χ3v) is 4.32. The summed E-state index contributed by atoms with van der Waals surface area (Å²) in [5.74, 6) is 1.66. The Morgan fingerprint density at radius 2 is 2.14 bits per heavy atom. The molecule has 0 radical (unpaired) electrons. The lowest BCUT2D eigenvalue weighted by atomic mass is 9.80. The van der Waals surface area contributed by atoms with Crippen molar-refractivity contribution < 1.29 is 0 Å². The normalized spacial score (nSPS) is 35.4. The van der Waals surface area contributed by atoms with Crippen molar-refractivity contribution in [3.63, 3.8) is 0 Å². The van der Waals surface area contributed by atoms with Crippen LogP contribution >= 0.6 is 0 Å². The first-order valence-electron chi connectivity index (χ1n) is 5.52. The van der Waals surface area contributed by atoms with E-state index in [0.29, 0.717) is 11.2 Å². The van der Waals surface area contributed by atoms with Crippen LogP contribution in [0.15, 0.2) is 0 Å². The lowest BCUT2D eigenvalue weighted by Crippen LogP contribution is -2.21. The van der Waals surface area contributed by atoms with E-state index < -0.39 is 0 Å². The maximum absolute atomic E-state index is 5.79. The molecule has 2 aliphatic rings. The Morgan fingerprint density at radius 3 is 2.57 bits per heavy atom. The Bertz CT molecular complexity index is 359. The van der Waals surface area contributed by atoms with Gasteiger partial charge in [-0.1, -0.05) is 0 Å². The van der Waals surface area contributed by atoms with Gasteiger partial charge in [0, 0.05) is 16.7 Å². The van der Waals surface area contributed by atoms with Crippen LogP contribution in [0.25, 0.3) is 0 Å². The largest absolute Gasteiger partial charge is 0.382 e. The van der Waals surface area contributed by atoms with Gasteiger partial charge in [0.25, 0.3) is 0 Å². The van der Waals surface area contributed by atoms with E-state index in [0.717, 1.165) is 5.92 Å². The molecule has 1 heterocycles. The molecule has 0 amide bonds. The molecule has 3 heteroatoms. The van der Waals surface area contributed by atoms with Gasteiger partial charge >= 0.3 is 0 Å². The molecule has 0 unspecified atom stereocenters. The zero-order chi connectivity index (χ0) is 9.76. The fourth-order valence-electron chi connectivity index (χ4n) is 3.47. The maximum atomic E-state index is 5.79. The summed E-state index contributed by atoms with van der Waals surface area (Å²) in [6.45, 7) is 2.09. The van der Waals surface area contributed by atoms with Gasteiger partial charge in [0.15, 0.2) is 0 Å². The number of aromatic amines is 1. The highest BCUT2D eigenvalue weighted by Gasteiger charge is 2.47. The number of fused-ring (bicyclic) bond motifs is 2. The van der Waals surface area contributed by atoms with Gasteiger partial charge in [0.1, 0.15) is 5.82 Å².